The van der Waals surface area contributed by atoms with Crippen molar-refractivity contribution in [1.82, 2.24) is 0 Å². The molecule has 0 spiro atoms. The summed E-state index contributed by atoms with van der Waals surface area (Å²) in [5.41, 5.74) is 6.40. The Balaban J connectivity index is 2.49. The first-order valence-corrected chi connectivity index (χ1v) is 5.84. The Hall–Kier alpha value is -0.740. The molecule has 0 aromatic heterocycles. The van der Waals surface area contributed by atoms with E-state index in [4.69, 9.17) is 5.73 Å². The van der Waals surface area contributed by atoms with Crippen LogP contribution in [-0.4, -0.2) is 10.2 Å². The molecule has 1 aliphatic carbocycles. The highest BCUT2D eigenvalue weighted by atomic mass is 79.9. The van der Waals surface area contributed by atoms with Crippen LogP contribution >= 0.6 is 15.9 Å². The van der Waals surface area contributed by atoms with Gasteiger partial charge in [0, 0.05) is 11.1 Å². The molecule has 0 amide bonds. The third kappa shape index (κ3) is 1.72. The number of aromatic hydroxyl groups is 2. The van der Waals surface area contributed by atoms with Crippen molar-refractivity contribution < 1.29 is 10.2 Å². The van der Waals surface area contributed by atoms with Crippen molar-refractivity contribution in [3.05, 3.63) is 22.2 Å². The van der Waals surface area contributed by atoms with Gasteiger partial charge < -0.3 is 15.9 Å². The summed E-state index contributed by atoms with van der Waals surface area (Å²) in [7, 11) is 0. The van der Waals surface area contributed by atoms with Crippen molar-refractivity contribution in [3.63, 3.8) is 0 Å². The maximum Gasteiger partial charge on any atom is 0.172 e. The second-order valence-electron chi connectivity index (χ2n) is 4.16. The minimum absolute atomic E-state index is 0.0891. The standard InChI is InChI=1S/C11H14BrNO2/c12-8-4-3-7(9(14)10(8)15)11(13)5-1-2-6-11/h3-4,14-15H,1-2,5-6,13H2. The average Bonchev–Trinajstić information content (AvgIpc) is 2.62. The molecule has 1 aromatic rings. The van der Waals surface area contributed by atoms with Crippen LogP contribution in [-0.2, 0) is 5.54 Å². The van der Waals surface area contributed by atoms with Crippen LogP contribution in [0.4, 0.5) is 0 Å². The molecule has 15 heavy (non-hydrogen) atoms. The van der Waals surface area contributed by atoms with Gasteiger partial charge in [-0.05, 0) is 34.8 Å². The molecule has 82 valence electrons. The third-order valence-corrected chi connectivity index (χ3v) is 3.77. The smallest absolute Gasteiger partial charge is 0.172 e. The van der Waals surface area contributed by atoms with Crippen LogP contribution in [0.5, 0.6) is 11.5 Å². The molecule has 0 unspecified atom stereocenters. The molecule has 1 aromatic carbocycles. The number of halogens is 1. The lowest BCUT2D eigenvalue weighted by atomic mass is 9.88. The lowest BCUT2D eigenvalue weighted by molar-refractivity contribution is 0.372. The van der Waals surface area contributed by atoms with Gasteiger partial charge in [0.05, 0.1) is 4.47 Å². The molecule has 0 saturated heterocycles. The molecule has 1 fully saturated rings. The Morgan fingerprint density at radius 3 is 2.33 bits per heavy atom. The van der Waals surface area contributed by atoms with Gasteiger partial charge in [-0.15, -0.1) is 0 Å². The van der Waals surface area contributed by atoms with Crippen LogP contribution < -0.4 is 5.73 Å². The van der Waals surface area contributed by atoms with Crippen LogP contribution in [0.1, 0.15) is 31.2 Å². The van der Waals surface area contributed by atoms with Crippen molar-refractivity contribution >= 4 is 15.9 Å². The first-order chi connectivity index (χ1) is 7.04. The summed E-state index contributed by atoms with van der Waals surface area (Å²) >= 11 is 3.16. The second kappa shape index (κ2) is 3.68. The summed E-state index contributed by atoms with van der Waals surface area (Å²) < 4.78 is 0.491. The minimum Gasteiger partial charge on any atom is -0.504 e. The van der Waals surface area contributed by atoms with Crippen molar-refractivity contribution in [1.29, 1.82) is 0 Å². The number of hydrogen-bond acceptors (Lipinski definition) is 3. The number of hydrogen-bond donors (Lipinski definition) is 3. The van der Waals surface area contributed by atoms with E-state index in [1.165, 1.54) is 0 Å². The predicted octanol–water partition coefficient (Wildman–Crippen LogP) is 2.59. The van der Waals surface area contributed by atoms with E-state index in [1.54, 1.807) is 12.1 Å². The molecule has 2 rings (SSSR count). The van der Waals surface area contributed by atoms with Crippen LogP contribution in [0.3, 0.4) is 0 Å². The summed E-state index contributed by atoms with van der Waals surface area (Å²) in [4.78, 5) is 0. The van der Waals surface area contributed by atoms with Crippen molar-refractivity contribution in [2.75, 3.05) is 0 Å². The maximum atomic E-state index is 9.84. The Bertz CT molecular complexity index is 386. The molecule has 4 N–H and O–H groups in total. The van der Waals surface area contributed by atoms with Crippen LogP contribution in [0.25, 0.3) is 0 Å². The molecule has 1 saturated carbocycles. The molecular formula is C11H14BrNO2. The van der Waals surface area contributed by atoms with Gasteiger partial charge in [0.25, 0.3) is 0 Å². The summed E-state index contributed by atoms with van der Waals surface area (Å²) in [5, 5.41) is 19.5. The van der Waals surface area contributed by atoms with E-state index in [2.05, 4.69) is 15.9 Å². The topological polar surface area (TPSA) is 66.5 Å². The highest BCUT2D eigenvalue weighted by Gasteiger charge is 2.34. The van der Waals surface area contributed by atoms with Crippen molar-refractivity contribution in [3.8, 4) is 11.5 Å². The fourth-order valence-electron chi connectivity index (χ4n) is 2.23. The van der Waals surface area contributed by atoms with Gasteiger partial charge in [-0.3, -0.25) is 0 Å². The highest BCUT2D eigenvalue weighted by molar-refractivity contribution is 9.10. The van der Waals surface area contributed by atoms with Crippen LogP contribution in [0.2, 0.25) is 0 Å². The van der Waals surface area contributed by atoms with E-state index in [-0.39, 0.29) is 11.5 Å². The van der Waals surface area contributed by atoms with Gasteiger partial charge in [0.15, 0.2) is 11.5 Å². The largest absolute Gasteiger partial charge is 0.504 e. The van der Waals surface area contributed by atoms with E-state index in [0.29, 0.717) is 10.0 Å². The van der Waals surface area contributed by atoms with Crippen LogP contribution in [0, 0.1) is 0 Å². The van der Waals surface area contributed by atoms with E-state index in [9.17, 15) is 10.2 Å². The van der Waals surface area contributed by atoms with E-state index in [1.807, 2.05) is 0 Å². The number of rotatable bonds is 1. The summed E-state index contributed by atoms with van der Waals surface area (Å²) in [6, 6.07) is 3.50. The van der Waals surface area contributed by atoms with E-state index < -0.39 is 5.54 Å². The van der Waals surface area contributed by atoms with E-state index >= 15 is 0 Å². The maximum absolute atomic E-state index is 9.84. The van der Waals surface area contributed by atoms with Crippen molar-refractivity contribution in [2.24, 2.45) is 5.73 Å². The zero-order chi connectivity index (χ0) is 11.1. The van der Waals surface area contributed by atoms with Gasteiger partial charge in [0.1, 0.15) is 0 Å². The first-order valence-electron chi connectivity index (χ1n) is 5.04. The zero-order valence-electron chi connectivity index (χ0n) is 8.33. The highest BCUT2D eigenvalue weighted by Crippen LogP contribution is 2.45. The molecular weight excluding hydrogens is 258 g/mol. The summed E-state index contributed by atoms with van der Waals surface area (Å²) in [5.74, 6) is -0.210. The Morgan fingerprint density at radius 2 is 1.73 bits per heavy atom. The van der Waals surface area contributed by atoms with E-state index in [0.717, 1.165) is 25.7 Å². The van der Waals surface area contributed by atoms with Gasteiger partial charge in [-0.25, -0.2) is 0 Å². The predicted molar refractivity (Wildman–Crippen MR) is 61.8 cm³/mol. The minimum atomic E-state index is -0.470. The van der Waals surface area contributed by atoms with Crippen molar-refractivity contribution in [2.45, 2.75) is 31.2 Å². The van der Waals surface area contributed by atoms with Gasteiger partial charge in [0.2, 0.25) is 0 Å². The lowest BCUT2D eigenvalue weighted by Gasteiger charge is -2.25. The number of phenolic OH excluding ortho intramolecular Hbond substituents is 2. The molecule has 0 radical (unpaired) electrons. The Morgan fingerprint density at radius 1 is 1.13 bits per heavy atom. The quantitative estimate of drug-likeness (QED) is 0.688. The summed E-state index contributed by atoms with van der Waals surface area (Å²) in [6.45, 7) is 0. The monoisotopic (exact) mass is 271 g/mol. The Labute approximate surface area is 97.0 Å². The first kappa shape index (κ1) is 10.8. The fourth-order valence-corrected chi connectivity index (χ4v) is 2.55. The molecule has 4 heteroatoms. The number of phenols is 2. The zero-order valence-corrected chi connectivity index (χ0v) is 9.92. The summed E-state index contributed by atoms with van der Waals surface area (Å²) in [6.07, 6.45) is 3.88. The molecule has 3 nitrogen and oxygen atoms in total. The second-order valence-corrected chi connectivity index (χ2v) is 5.01. The van der Waals surface area contributed by atoms with Gasteiger partial charge in [-0.1, -0.05) is 18.9 Å². The fraction of sp³-hybridized carbons (Fsp3) is 0.455. The molecule has 1 aliphatic rings. The molecule has 0 heterocycles. The molecule has 0 bridgehead atoms. The third-order valence-electron chi connectivity index (χ3n) is 3.13. The average molecular weight is 272 g/mol. The van der Waals surface area contributed by atoms with Gasteiger partial charge >= 0.3 is 0 Å². The van der Waals surface area contributed by atoms with Crippen LogP contribution in [0.15, 0.2) is 16.6 Å². The normalized spacial score (nSPS) is 19.3. The lowest BCUT2D eigenvalue weighted by Crippen LogP contribution is -2.33. The SMILES string of the molecule is NC1(c2ccc(Br)c(O)c2O)CCCC1. The van der Waals surface area contributed by atoms with Gasteiger partial charge in [-0.2, -0.15) is 0 Å². The Kier molecular flexibility index (Phi) is 2.64. The molecule has 0 atom stereocenters. The number of benzene rings is 1. The number of nitrogens with two attached hydrogens (primary N) is 1. The molecule has 0 aliphatic heterocycles.